The summed E-state index contributed by atoms with van der Waals surface area (Å²) in [6.45, 7) is 2.27. The second-order valence-corrected chi connectivity index (χ2v) is 9.16. The SMILES string of the molecule is COc1ccc(NCc2nnc(S[C@H](C)C(=O)Nc3ccccc3)n2-c2cccc(Cl)c2)cc1. The number of amides is 1. The standard InChI is InChI=1S/C25H24ClN5O2S/c1-17(24(32)28-20-8-4-3-5-9-20)34-25-30-29-23(31(25)21-10-6-7-18(26)15-21)16-27-19-11-13-22(33-2)14-12-19/h3-15,17,27H,16H2,1-2H3,(H,28,32)/t17-/m1/s1. The van der Waals surface area contributed by atoms with Gasteiger partial charge >= 0.3 is 0 Å². The molecule has 0 saturated carbocycles. The monoisotopic (exact) mass is 493 g/mol. The van der Waals surface area contributed by atoms with Crippen molar-refractivity contribution in [2.24, 2.45) is 0 Å². The molecule has 0 aliphatic carbocycles. The van der Waals surface area contributed by atoms with E-state index in [1.165, 1.54) is 11.8 Å². The first-order valence-electron chi connectivity index (χ1n) is 10.6. The van der Waals surface area contributed by atoms with Gasteiger partial charge in [0.25, 0.3) is 0 Å². The molecule has 7 nitrogen and oxygen atoms in total. The maximum absolute atomic E-state index is 12.8. The third-order valence-corrected chi connectivity index (χ3v) is 6.28. The van der Waals surface area contributed by atoms with E-state index in [0.29, 0.717) is 22.5 Å². The van der Waals surface area contributed by atoms with Crippen LogP contribution in [0, 0.1) is 0 Å². The summed E-state index contributed by atoms with van der Waals surface area (Å²) in [6.07, 6.45) is 0. The fourth-order valence-corrected chi connectivity index (χ4v) is 4.30. The topological polar surface area (TPSA) is 81.1 Å². The molecule has 0 unspecified atom stereocenters. The van der Waals surface area contributed by atoms with Crippen molar-refractivity contribution in [3.63, 3.8) is 0 Å². The average molecular weight is 494 g/mol. The number of para-hydroxylation sites is 1. The Balaban J connectivity index is 1.55. The van der Waals surface area contributed by atoms with E-state index in [4.69, 9.17) is 16.3 Å². The summed E-state index contributed by atoms with van der Waals surface area (Å²) < 4.78 is 7.13. The predicted octanol–water partition coefficient (Wildman–Crippen LogP) is 5.66. The Morgan fingerprint density at radius 1 is 1.03 bits per heavy atom. The summed E-state index contributed by atoms with van der Waals surface area (Å²) in [5, 5.41) is 15.9. The van der Waals surface area contributed by atoms with Crippen molar-refractivity contribution in [3.8, 4) is 11.4 Å². The molecule has 0 radical (unpaired) electrons. The minimum Gasteiger partial charge on any atom is -0.497 e. The highest BCUT2D eigenvalue weighted by molar-refractivity contribution is 8.00. The molecule has 0 aliphatic rings. The van der Waals surface area contributed by atoms with Crippen LogP contribution in [0.25, 0.3) is 5.69 Å². The minimum atomic E-state index is -0.398. The first-order chi connectivity index (χ1) is 16.5. The van der Waals surface area contributed by atoms with Gasteiger partial charge in [-0.25, -0.2) is 0 Å². The van der Waals surface area contributed by atoms with Gasteiger partial charge in [0.15, 0.2) is 11.0 Å². The second kappa shape index (κ2) is 11.1. The van der Waals surface area contributed by atoms with Crippen LogP contribution in [-0.2, 0) is 11.3 Å². The molecule has 0 fully saturated rings. The van der Waals surface area contributed by atoms with Crippen LogP contribution in [-0.4, -0.2) is 33.0 Å². The van der Waals surface area contributed by atoms with Crippen LogP contribution in [0.3, 0.4) is 0 Å². The highest BCUT2D eigenvalue weighted by Crippen LogP contribution is 2.28. The number of anilines is 2. The molecule has 1 heterocycles. The summed E-state index contributed by atoms with van der Waals surface area (Å²) >= 11 is 7.60. The van der Waals surface area contributed by atoms with Crippen LogP contribution in [0.15, 0.2) is 84.0 Å². The zero-order valence-corrected chi connectivity index (χ0v) is 20.3. The summed E-state index contributed by atoms with van der Waals surface area (Å²) in [7, 11) is 1.64. The molecule has 4 aromatic rings. The summed E-state index contributed by atoms with van der Waals surface area (Å²) in [5.41, 5.74) is 2.49. The number of methoxy groups -OCH3 is 1. The number of nitrogens with zero attached hydrogens (tertiary/aromatic N) is 3. The lowest BCUT2D eigenvalue weighted by atomic mass is 10.3. The Morgan fingerprint density at radius 3 is 2.50 bits per heavy atom. The molecule has 9 heteroatoms. The van der Waals surface area contributed by atoms with E-state index in [1.807, 2.05) is 90.4 Å². The summed E-state index contributed by atoms with van der Waals surface area (Å²) in [5.74, 6) is 1.36. The van der Waals surface area contributed by atoms with Crippen LogP contribution in [0.5, 0.6) is 5.75 Å². The highest BCUT2D eigenvalue weighted by Gasteiger charge is 2.21. The van der Waals surface area contributed by atoms with Gasteiger partial charge in [0.05, 0.1) is 24.6 Å². The third-order valence-electron chi connectivity index (χ3n) is 5.00. The molecular formula is C25H24ClN5O2S. The van der Waals surface area contributed by atoms with Crippen molar-refractivity contribution < 1.29 is 9.53 Å². The van der Waals surface area contributed by atoms with Crippen molar-refractivity contribution in [1.82, 2.24) is 14.8 Å². The van der Waals surface area contributed by atoms with E-state index in [1.54, 1.807) is 7.11 Å². The van der Waals surface area contributed by atoms with Gasteiger partial charge in [-0.15, -0.1) is 10.2 Å². The average Bonchev–Trinajstić information content (AvgIpc) is 3.26. The summed E-state index contributed by atoms with van der Waals surface area (Å²) in [6, 6.07) is 24.5. The number of benzene rings is 3. The second-order valence-electron chi connectivity index (χ2n) is 7.41. The molecule has 1 aromatic heterocycles. The van der Waals surface area contributed by atoms with E-state index in [-0.39, 0.29) is 5.91 Å². The molecule has 1 atom stereocenters. The normalized spacial score (nSPS) is 11.6. The maximum atomic E-state index is 12.8. The lowest BCUT2D eigenvalue weighted by Crippen LogP contribution is -2.23. The number of thioether (sulfide) groups is 1. The zero-order chi connectivity index (χ0) is 23.9. The lowest BCUT2D eigenvalue weighted by molar-refractivity contribution is -0.115. The first kappa shape index (κ1) is 23.7. The highest BCUT2D eigenvalue weighted by atomic mass is 35.5. The van der Waals surface area contributed by atoms with Crippen LogP contribution in [0.2, 0.25) is 5.02 Å². The molecule has 0 aliphatic heterocycles. The minimum absolute atomic E-state index is 0.116. The number of aromatic nitrogens is 3. The van der Waals surface area contributed by atoms with Crippen LogP contribution < -0.4 is 15.4 Å². The van der Waals surface area contributed by atoms with Gasteiger partial charge in [-0.1, -0.05) is 47.6 Å². The number of carbonyl (C=O) groups excluding carboxylic acids is 1. The van der Waals surface area contributed by atoms with Crippen LogP contribution in [0.4, 0.5) is 11.4 Å². The number of hydrogen-bond donors (Lipinski definition) is 2. The van der Waals surface area contributed by atoms with Crippen molar-refractivity contribution in [1.29, 1.82) is 0 Å². The molecule has 0 spiro atoms. The first-order valence-corrected chi connectivity index (χ1v) is 11.9. The lowest BCUT2D eigenvalue weighted by Gasteiger charge is -2.15. The van der Waals surface area contributed by atoms with Crippen molar-refractivity contribution >= 4 is 40.6 Å². The molecule has 0 bridgehead atoms. The van der Waals surface area contributed by atoms with Gasteiger partial charge in [-0.05, 0) is 61.5 Å². The van der Waals surface area contributed by atoms with E-state index < -0.39 is 5.25 Å². The Labute approximate surface area is 207 Å². The Bertz CT molecular complexity index is 1250. The Kier molecular flexibility index (Phi) is 7.72. The van der Waals surface area contributed by atoms with E-state index in [0.717, 1.165) is 22.8 Å². The van der Waals surface area contributed by atoms with Gasteiger partial charge in [0.2, 0.25) is 5.91 Å². The van der Waals surface area contributed by atoms with Gasteiger partial charge in [0, 0.05) is 16.4 Å². The summed E-state index contributed by atoms with van der Waals surface area (Å²) in [4.78, 5) is 12.8. The van der Waals surface area contributed by atoms with Crippen LogP contribution >= 0.6 is 23.4 Å². The van der Waals surface area contributed by atoms with Gasteiger partial charge < -0.3 is 15.4 Å². The van der Waals surface area contributed by atoms with Gasteiger partial charge in [-0.3, -0.25) is 9.36 Å². The molecule has 4 rings (SSSR count). The third kappa shape index (κ3) is 5.89. The molecule has 2 N–H and O–H groups in total. The van der Waals surface area contributed by atoms with Crippen molar-refractivity contribution in [2.75, 3.05) is 17.7 Å². The predicted molar refractivity (Wildman–Crippen MR) is 137 cm³/mol. The molecule has 0 saturated heterocycles. The van der Waals surface area contributed by atoms with E-state index in [9.17, 15) is 4.79 Å². The smallest absolute Gasteiger partial charge is 0.237 e. The number of ether oxygens (including phenoxy) is 1. The quantitative estimate of drug-likeness (QED) is 0.293. The number of hydrogen-bond acceptors (Lipinski definition) is 6. The van der Waals surface area contributed by atoms with Crippen molar-refractivity contribution in [2.45, 2.75) is 23.9 Å². The van der Waals surface area contributed by atoms with Gasteiger partial charge in [0.1, 0.15) is 5.75 Å². The molecule has 34 heavy (non-hydrogen) atoms. The number of rotatable bonds is 9. The Hall–Kier alpha value is -3.49. The van der Waals surface area contributed by atoms with E-state index in [2.05, 4.69) is 20.8 Å². The Morgan fingerprint density at radius 2 is 1.79 bits per heavy atom. The number of halogens is 1. The number of carbonyl (C=O) groups is 1. The van der Waals surface area contributed by atoms with Gasteiger partial charge in [-0.2, -0.15) is 0 Å². The molecule has 174 valence electrons. The van der Waals surface area contributed by atoms with E-state index >= 15 is 0 Å². The molecule has 1 amide bonds. The fraction of sp³-hybridized carbons (Fsp3) is 0.160. The maximum Gasteiger partial charge on any atom is 0.237 e. The molecule has 3 aromatic carbocycles. The largest absolute Gasteiger partial charge is 0.497 e. The number of nitrogens with one attached hydrogen (secondary N) is 2. The van der Waals surface area contributed by atoms with Crippen LogP contribution in [0.1, 0.15) is 12.7 Å². The van der Waals surface area contributed by atoms with Crippen molar-refractivity contribution in [3.05, 3.63) is 89.7 Å². The zero-order valence-electron chi connectivity index (χ0n) is 18.7. The fourth-order valence-electron chi connectivity index (χ4n) is 3.23. The molecular weight excluding hydrogens is 470 g/mol.